The van der Waals surface area contributed by atoms with Crippen molar-refractivity contribution in [2.45, 2.75) is 45.7 Å². The van der Waals surface area contributed by atoms with Crippen molar-refractivity contribution in [2.75, 3.05) is 36.5 Å². The van der Waals surface area contributed by atoms with Crippen molar-refractivity contribution in [1.29, 1.82) is 0 Å². The van der Waals surface area contributed by atoms with Crippen molar-refractivity contribution >= 4 is 28.5 Å². The highest BCUT2D eigenvalue weighted by atomic mass is 16.5. The molecule has 0 radical (unpaired) electrons. The van der Waals surface area contributed by atoms with Crippen LogP contribution in [-0.2, 0) is 11.3 Å². The Kier molecular flexibility index (Phi) is 6.47. The van der Waals surface area contributed by atoms with E-state index in [0.29, 0.717) is 61.3 Å². The summed E-state index contributed by atoms with van der Waals surface area (Å²) in [6, 6.07) is 10.6. The lowest BCUT2D eigenvalue weighted by Crippen LogP contribution is -2.41. The Morgan fingerprint density at radius 2 is 1.97 bits per heavy atom. The highest BCUT2D eigenvalue weighted by Gasteiger charge is 2.26. The molecule has 8 heteroatoms. The average molecular weight is 477 g/mol. The van der Waals surface area contributed by atoms with Crippen LogP contribution >= 0.6 is 0 Å². The number of hydrogen-bond donors (Lipinski definition) is 2. The molecule has 1 atom stereocenters. The van der Waals surface area contributed by atoms with Crippen LogP contribution in [0.5, 0.6) is 0 Å². The van der Waals surface area contributed by atoms with Gasteiger partial charge in [-0.05, 0) is 56.4 Å². The van der Waals surface area contributed by atoms with Crippen LogP contribution in [0.15, 0.2) is 41.2 Å². The van der Waals surface area contributed by atoms with E-state index in [1.165, 1.54) is 6.42 Å². The van der Waals surface area contributed by atoms with Gasteiger partial charge in [-0.2, -0.15) is 0 Å². The Hall–Kier alpha value is -3.39. The van der Waals surface area contributed by atoms with Gasteiger partial charge in [0.15, 0.2) is 0 Å². The van der Waals surface area contributed by atoms with Gasteiger partial charge in [-0.3, -0.25) is 9.36 Å². The molecule has 2 aromatic carbocycles. The fraction of sp³-hybridized carbons (Fsp3) is 0.444. The second-order valence-electron chi connectivity index (χ2n) is 9.69. The highest BCUT2D eigenvalue weighted by molar-refractivity contribution is 5.94. The molecule has 8 nitrogen and oxygen atoms in total. The van der Waals surface area contributed by atoms with E-state index < -0.39 is 5.97 Å². The van der Waals surface area contributed by atoms with Gasteiger partial charge < -0.3 is 20.1 Å². The lowest BCUT2D eigenvalue weighted by atomic mass is 9.85. The molecule has 1 aromatic heterocycles. The number of anilines is 2. The molecule has 0 amide bonds. The first-order valence-electron chi connectivity index (χ1n) is 12.4. The summed E-state index contributed by atoms with van der Waals surface area (Å²) in [6.45, 7) is 7.27. The zero-order valence-corrected chi connectivity index (χ0v) is 20.3. The Morgan fingerprint density at radius 3 is 2.66 bits per heavy atom. The highest BCUT2D eigenvalue weighted by Crippen LogP contribution is 2.32. The molecule has 2 N–H and O–H groups in total. The second kappa shape index (κ2) is 9.70. The summed E-state index contributed by atoms with van der Waals surface area (Å²) in [5, 5.41) is 13.6. The number of aryl methyl sites for hydroxylation is 1. The number of nitrogens with zero attached hydrogens (tertiary/aromatic N) is 3. The van der Waals surface area contributed by atoms with Crippen LogP contribution in [0.4, 0.5) is 11.6 Å². The summed E-state index contributed by atoms with van der Waals surface area (Å²) in [6.07, 6.45) is 3.52. The summed E-state index contributed by atoms with van der Waals surface area (Å²) < 4.78 is 7.43. The molecule has 2 aliphatic rings. The second-order valence-corrected chi connectivity index (χ2v) is 9.69. The average Bonchev–Trinajstić information content (AvgIpc) is 2.83. The van der Waals surface area contributed by atoms with E-state index in [1.54, 1.807) is 18.2 Å². The Labute approximate surface area is 204 Å². The molecule has 5 rings (SSSR count). The summed E-state index contributed by atoms with van der Waals surface area (Å²) in [4.78, 5) is 32.8. The molecule has 3 aromatic rings. The smallest absolute Gasteiger partial charge is 0.337 e. The van der Waals surface area contributed by atoms with Crippen molar-refractivity contribution in [1.82, 2.24) is 9.55 Å². The summed E-state index contributed by atoms with van der Waals surface area (Å²) in [5.41, 5.74) is 3.25. The minimum absolute atomic E-state index is 0.00789. The van der Waals surface area contributed by atoms with Gasteiger partial charge in [-0.15, -0.1) is 0 Å². The number of benzene rings is 2. The SMILES string of the molecule is Cc1cc(C(C)Nc2ccccc2C(=O)O)c2nc(N3CCOCC3)n(CC3CCC3)c(=O)c2c1. The minimum Gasteiger partial charge on any atom is -0.478 e. The normalized spacial score (nSPS) is 17.3. The fourth-order valence-electron chi connectivity index (χ4n) is 5.03. The maximum absolute atomic E-state index is 13.9. The first-order valence-corrected chi connectivity index (χ1v) is 12.4. The molecule has 1 aliphatic carbocycles. The fourth-order valence-corrected chi connectivity index (χ4v) is 5.03. The van der Waals surface area contributed by atoms with E-state index in [4.69, 9.17) is 9.72 Å². The number of rotatable bonds is 7. The number of aromatic carboxylic acids is 1. The van der Waals surface area contributed by atoms with Gasteiger partial charge in [0.25, 0.3) is 5.56 Å². The summed E-state index contributed by atoms with van der Waals surface area (Å²) in [7, 11) is 0. The molecule has 0 spiro atoms. The molecular formula is C27H32N4O4. The lowest BCUT2D eigenvalue weighted by Gasteiger charge is -2.33. The third-order valence-electron chi connectivity index (χ3n) is 7.17. The zero-order chi connectivity index (χ0) is 24.5. The first-order chi connectivity index (χ1) is 16.9. The van der Waals surface area contributed by atoms with Crippen molar-refractivity contribution in [2.24, 2.45) is 5.92 Å². The van der Waals surface area contributed by atoms with Crippen LogP contribution < -0.4 is 15.8 Å². The van der Waals surface area contributed by atoms with Gasteiger partial charge in [0.2, 0.25) is 5.95 Å². The van der Waals surface area contributed by atoms with Crippen LogP contribution in [0.1, 0.15) is 53.7 Å². The molecule has 1 saturated carbocycles. The van der Waals surface area contributed by atoms with Gasteiger partial charge in [0.05, 0.1) is 35.7 Å². The van der Waals surface area contributed by atoms with Gasteiger partial charge in [-0.25, -0.2) is 9.78 Å². The number of fused-ring (bicyclic) bond motifs is 1. The van der Waals surface area contributed by atoms with E-state index >= 15 is 0 Å². The van der Waals surface area contributed by atoms with Crippen LogP contribution in [0, 0.1) is 12.8 Å². The van der Waals surface area contributed by atoms with Crippen molar-refractivity contribution in [3.05, 3.63) is 63.4 Å². The molecule has 1 saturated heterocycles. The number of carboxylic acid groups (broad SMARTS) is 1. The number of carboxylic acids is 1. The zero-order valence-electron chi connectivity index (χ0n) is 20.3. The largest absolute Gasteiger partial charge is 0.478 e. The quantitative estimate of drug-likeness (QED) is 0.527. The lowest BCUT2D eigenvalue weighted by molar-refractivity contribution is 0.0698. The molecule has 2 heterocycles. The van der Waals surface area contributed by atoms with Crippen molar-refractivity contribution in [3.63, 3.8) is 0 Å². The van der Waals surface area contributed by atoms with E-state index in [-0.39, 0.29) is 17.2 Å². The van der Waals surface area contributed by atoms with Gasteiger partial charge in [0.1, 0.15) is 0 Å². The third kappa shape index (κ3) is 4.62. The maximum atomic E-state index is 13.9. The molecule has 2 fully saturated rings. The van der Waals surface area contributed by atoms with Crippen LogP contribution in [0.2, 0.25) is 0 Å². The van der Waals surface area contributed by atoms with E-state index in [0.717, 1.165) is 24.0 Å². The topological polar surface area (TPSA) is 96.7 Å². The van der Waals surface area contributed by atoms with Crippen LogP contribution in [0.25, 0.3) is 10.9 Å². The predicted octanol–water partition coefficient (Wildman–Crippen LogP) is 4.21. The molecule has 0 bridgehead atoms. The standard InChI is InChI=1S/C27H32N4O4/c1-17-14-21(18(2)28-23-9-4-3-8-20(23)26(33)34)24-22(15-17)25(32)31(16-19-6-5-7-19)27(29-24)30-10-12-35-13-11-30/h3-4,8-9,14-15,18-19,28H,5-7,10-13,16H2,1-2H3,(H,33,34). The van der Waals surface area contributed by atoms with Crippen LogP contribution in [-0.4, -0.2) is 46.9 Å². The Bertz CT molecular complexity index is 1310. The predicted molar refractivity (Wildman–Crippen MR) is 137 cm³/mol. The molecular weight excluding hydrogens is 444 g/mol. The van der Waals surface area contributed by atoms with Gasteiger partial charge in [-0.1, -0.05) is 24.6 Å². The van der Waals surface area contributed by atoms with Gasteiger partial charge >= 0.3 is 5.97 Å². The number of para-hydroxylation sites is 1. The molecule has 1 unspecified atom stereocenters. The number of hydrogen-bond acceptors (Lipinski definition) is 6. The van der Waals surface area contributed by atoms with E-state index in [9.17, 15) is 14.7 Å². The maximum Gasteiger partial charge on any atom is 0.337 e. The van der Waals surface area contributed by atoms with E-state index in [2.05, 4.69) is 10.2 Å². The Morgan fingerprint density at radius 1 is 1.23 bits per heavy atom. The minimum atomic E-state index is -0.985. The number of nitrogens with one attached hydrogen (secondary N) is 1. The van der Waals surface area contributed by atoms with E-state index in [1.807, 2.05) is 36.6 Å². The first kappa shape index (κ1) is 23.4. The molecule has 184 valence electrons. The number of morpholine rings is 1. The number of aromatic nitrogens is 2. The Balaban J connectivity index is 1.62. The summed E-state index contributed by atoms with van der Waals surface area (Å²) in [5.74, 6) is 0.242. The van der Waals surface area contributed by atoms with Gasteiger partial charge in [0, 0.05) is 30.9 Å². The number of ether oxygens (including phenoxy) is 1. The van der Waals surface area contributed by atoms with Crippen LogP contribution in [0.3, 0.4) is 0 Å². The monoisotopic (exact) mass is 476 g/mol. The van der Waals surface area contributed by atoms with Crippen molar-refractivity contribution < 1.29 is 14.6 Å². The summed E-state index contributed by atoms with van der Waals surface area (Å²) >= 11 is 0. The molecule has 35 heavy (non-hydrogen) atoms. The molecule has 1 aliphatic heterocycles. The number of carbonyl (C=O) groups is 1. The van der Waals surface area contributed by atoms with Crippen molar-refractivity contribution in [3.8, 4) is 0 Å². The third-order valence-corrected chi connectivity index (χ3v) is 7.17.